The first-order chi connectivity index (χ1) is 16.4. The van der Waals surface area contributed by atoms with Crippen molar-refractivity contribution in [1.82, 2.24) is 0 Å². The lowest BCUT2D eigenvalue weighted by Crippen LogP contribution is -2.32. The number of aliphatic hydroxyl groups is 1. The van der Waals surface area contributed by atoms with Gasteiger partial charge in [0, 0.05) is 19.1 Å². The van der Waals surface area contributed by atoms with Crippen molar-refractivity contribution in [2.75, 3.05) is 13.2 Å². The van der Waals surface area contributed by atoms with E-state index in [1.165, 1.54) is 42.9 Å². The van der Waals surface area contributed by atoms with Gasteiger partial charge in [0.2, 0.25) is 0 Å². The van der Waals surface area contributed by atoms with Gasteiger partial charge in [-0.3, -0.25) is 0 Å². The van der Waals surface area contributed by atoms with Gasteiger partial charge in [-0.2, -0.15) is 0 Å². The van der Waals surface area contributed by atoms with Crippen molar-refractivity contribution in [3.05, 3.63) is 76.9 Å². The number of phenols is 1. The largest absolute Gasteiger partial charge is 0.508 e. The predicted molar refractivity (Wildman–Crippen MR) is 143 cm³/mol. The van der Waals surface area contributed by atoms with Crippen LogP contribution >= 0.6 is 0 Å². The third kappa shape index (κ3) is 6.64. The van der Waals surface area contributed by atoms with Crippen LogP contribution in [-0.4, -0.2) is 29.4 Å². The molecule has 4 rings (SSSR count). The second-order valence-electron chi connectivity index (χ2n) is 10.1. The molecule has 0 aromatic heterocycles. The zero-order valence-electron chi connectivity index (χ0n) is 20.2. The van der Waals surface area contributed by atoms with Crippen LogP contribution in [0.1, 0.15) is 70.1 Å². The highest BCUT2D eigenvalue weighted by molar-refractivity contribution is 5.87. The molecule has 2 bridgehead atoms. The Hall–Kier alpha value is -2.85. The van der Waals surface area contributed by atoms with E-state index in [1.807, 2.05) is 24.3 Å². The number of rotatable bonds is 7. The topological polar surface area (TPSA) is 66.8 Å². The molecule has 4 atom stereocenters. The minimum Gasteiger partial charge on any atom is -0.508 e. The lowest BCUT2D eigenvalue weighted by molar-refractivity contribution is -0.137. The third-order valence-electron chi connectivity index (χ3n) is 7.30. The van der Waals surface area contributed by atoms with E-state index in [2.05, 4.69) is 26.0 Å². The molecule has 0 saturated heterocycles. The minimum atomic E-state index is -0.401. The SMILES string of the molecule is C.CC1CC2CC(C)/C(=C(/c3ccc(O)cc3)c3ccc(/C=C/C(=O)OCCCO)cc3)C(C1)C2. The maximum atomic E-state index is 11.8. The maximum absolute atomic E-state index is 11.8. The molecule has 0 heterocycles. The highest BCUT2D eigenvalue weighted by Crippen LogP contribution is 2.51. The maximum Gasteiger partial charge on any atom is 0.330 e. The fraction of sp³-hybridized carbons (Fsp3) is 0.452. The van der Waals surface area contributed by atoms with E-state index in [4.69, 9.17) is 9.84 Å². The zero-order chi connectivity index (χ0) is 24.1. The van der Waals surface area contributed by atoms with Crippen molar-refractivity contribution in [3.63, 3.8) is 0 Å². The monoisotopic (exact) mass is 476 g/mol. The van der Waals surface area contributed by atoms with Crippen LogP contribution in [0.3, 0.4) is 0 Å². The summed E-state index contributed by atoms with van der Waals surface area (Å²) in [7, 11) is 0. The van der Waals surface area contributed by atoms with Gasteiger partial charge in [-0.15, -0.1) is 0 Å². The highest BCUT2D eigenvalue weighted by Gasteiger charge is 2.38. The van der Waals surface area contributed by atoms with Crippen molar-refractivity contribution in [2.45, 2.75) is 53.4 Å². The van der Waals surface area contributed by atoms with Crippen molar-refractivity contribution < 1.29 is 19.7 Å². The summed E-state index contributed by atoms with van der Waals surface area (Å²) in [6.07, 6.45) is 8.76. The predicted octanol–water partition coefficient (Wildman–Crippen LogP) is 6.86. The number of fused-ring (bicyclic) bond motifs is 2. The van der Waals surface area contributed by atoms with E-state index in [-0.39, 0.29) is 26.4 Å². The quantitative estimate of drug-likeness (QED) is 0.260. The van der Waals surface area contributed by atoms with Crippen molar-refractivity contribution in [1.29, 1.82) is 0 Å². The summed E-state index contributed by atoms with van der Waals surface area (Å²) in [6, 6.07) is 15.9. The van der Waals surface area contributed by atoms with E-state index in [9.17, 15) is 9.90 Å². The van der Waals surface area contributed by atoms with Gasteiger partial charge in [-0.1, -0.05) is 63.2 Å². The summed E-state index contributed by atoms with van der Waals surface area (Å²) in [5.74, 6) is 2.61. The molecular weight excluding hydrogens is 436 g/mol. The van der Waals surface area contributed by atoms with Crippen LogP contribution in [0.4, 0.5) is 0 Å². The first-order valence-corrected chi connectivity index (χ1v) is 12.5. The van der Waals surface area contributed by atoms with Gasteiger partial charge >= 0.3 is 5.97 Å². The number of benzene rings is 2. The standard InChI is InChI=1S/C30H36O4.CH4/c1-20-16-23-18-21(2)29(26(17-20)19-23)30(25-9-11-27(32)12-10-25)24-7-4-22(5-8-24)6-13-28(33)34-15-3-14-31;/h4-13,20-21,23,26,31-32H,3,14-19H2,1-2H3;1H4/b13-6+,30-29-;. The van der Waals surface area contributed by atoms with E-state index in [0.29, 0.717) is 18.3 Å². The molecule has 0 amide bonds. The summed E-state index contributed by atoms with van der Waals surface area (Å²) in [6.45, 7) is 5.00. The van der Waals surface area contributed by atoms with Crippen LogP contribution in [-0.2, 0) is 9.53 Å². The molecule has 0 radical (unpaired) electrons. The smallest absolute Gasteiger partial charge is 0.330 e. The van der Waals surface area contributed by atoms with Gasteiger partial charge in [-0.05, 0) is 89.8 Å². The summed E-state index contributed by atoms with van der Waals surface area (Å²) in [5.41, 5.74) is 6.10. The normalized spacial score (nSPS) is 25.1. The number of ether oxygens (including phenoxy) is 1. The van der Waals surface area contributed by atoms with E-state index >= 15 is 0 Å². The Morgan fingerprint density at radius 2 is 1.63 bits per heavy atom. The number of aromatic hydroxyl groups is 1. The molecule has 0 spiro atoms. The molecule has 4 heteroatoms. The molecule has 0 aliphatic heterocycles. The summed E-state index contributed by atoms with van der Waals surface area (Å²) in [5, 5.41) is 18.7. The molecule has 2 aliphatic rings. The zero-order valence-corrected chi connectivity index (χ0v) is 20.2. The van der Waals surface area contributed by atoms with Gasteiger partial charge in [-0.25, -0.2) is 4.79 Å². The van der Waals surface area contributed by atoms with E-state index in [1.54, 1.807) is 23.8 Å². The number of hydrogen-bond acceptors (Lipinski definition) is 4. The molecule has 2 saturated carbocycles. The van der Waals surface area contributed by atoms with Crippen LogP contribution in [0.2, 0.25) is 0 Å². The van der Waals surface area contributed by atoms with E-state index < -0.39 is 5.97 Å². The van der Waals surface area contributed by atoms with Crippen LogP contribution in [0.15, 0.2) is 60.2 Å². The van der Waals surface area contributed by atoms with Crippen molar-refractivity contribution in [2.24, 2.45) is 23.7 Å². The third-order valence-corrected chi connectivity index (χ3v) is 7.30. The van der Waals surface area contributed by atoms with Gasteiger partial charge in [0.15, 0.2) is 0 Å². The lowest BCUT2D eigenvalue weighted by Gasteiger charge is -2.44. The average molecular weight is 477 g/mol. The van der Waals surface area contributed by atoms with Crippen molar-refractivity contribution >= 4 is 17.6 Å². The van der Waals surface area contributed by atoms with Gasteiger partial charge in [0.05, 0.1) is 6.61 Å². The van der Waals surface area contributed by atoms with Gasteiger partial charge in [0.1, 0.15) is 5.75 Å². The van der Waals surface area contributed by atoms with Crippen molar-refractivity contribution in [3.8, 4) is 5.75 Å². The molecule has 2 aromatic carbocycles. The fourth-order valence-electron chi connectivity index (χ4n) is 6.01. The molecule has 2 aliphatic carbocycles. The lowest BCUT2D eigenvalue weighted by atomic mass is 9.61. The Balaban J connectivity index is 0.00000342. The fourth-order valence-corrected chi connectivity index (χ4v) is 6.01. The first-order valence-electron chi connectivity index (χ1n) is 12.5. The number of allylic oxidation sites excluding steroid dienone is 1. The molecule has 2 N–H and O–H groups in total. The molecule has 35 heavy (non-hydrogen) atoms. The number of carbonyl (C=O) groups excluding carboxylic acids is 1. The number of hydrogen-bond donors (Lipinski definition) is 2. The summed E-state index contributed by atoms with van der Waals surface area (Å²) < 4.78 is 5.06. The molecule has 2 fully saturated rings. The summed E-state index contributed by atoms with van der Waals surface area (Å²) >= 11 is 0. The van der Waals surface area contributed by atoms with Gasteiger partial charge < -0.3 is 14.9 Å². The Bertz CT molecular complexity index is 1030. The summed E-state index contributed by atoms with van der Waals surface area (Å²) in [4.78, 5) is 11.8. The number of aliphatic hydroxyl groups excluding tert-OH is 1. The minimum absolute atomic E-state index is 0. The first kappa shape index (κ1) is 26.7. The average Bonchev–Trinajstić information content (AvgIpc) is 2.81. The molecular formula is C31H40O4. The molecule has 188 valence electrons. The number of phenolic OH excluding ortho intramolecular Hbond substituents is 1. The Kier molecular flexibility index (Phi) is 9.33. The number of esters is 1. The van der Waals surface area contributed by atoms with Crippen LogP contribution < -0.4 is 0 Å². The Morgan fingerprint density at radius 1 is 0.971 bits per heavy atom. The van der Waals surface area contributed by atoms with Crippen LogP contribution in [0.5, 0.6) is 5.75 Å². The van der Waals surface area contributed by atoms with E-state index in [0.717, 1.165) is 23.0 Å². The van der Waals surface area contributed by atoms with Crippen LogP contribution in [0.25, 0.3) is 11.6 Å². The second kappa shape index (κ2) is 12.2. The highest BCUT2D eigenvalue weighted by atomic mass is 16.5. The molecule has 4 nitrogen and oxygen atoms in total. The Morgan fingerprint density at radius 3 is 2.29 bits per heavy atom. The molecule has 4 unspecified atom stereocenters. The molecule has 2 aromatic rings. The van der Waals surface area contributed by atoms with Gasteiger partial charge in [0.25, 0.3) is 0 Å². The second-order valence-corrected chi connectivity index (χ2v) is 10.1. The number of carbonyl (C=O) groups is 1. The Labute approximate surface area is 210 Å². The van der Waals surface area contributed by atoms with Crippen LogP contribution in [0, 0.1) is 23.7 Å².